The molecule has 0 rings (SSSR count). The molecular weight excluding hydrogens is 182 g/mol. The number of hydrogen-bond acceptors (Lipinski definition) is 5. The minimum atomic E-state index is -0.747. The van der Waals surface area contributed by atoms with Crippen molar-refractivity contribution in [2.24, 2.45) is 10.9 Å². The van der Waals surface area contributed by atoms with E-state index in [1.165, 1.54) is 7.05 Å². The molecule has 0 aliphatic rings. The van der Waals surface area contributed by atoms with Gasteiger partial charge in [-0.2, -0.15) is 0 Å². The van der Waals surface area contributed by atoms with Crippen molar-refractivity contribution in [2.45, 2.75) is 0 Å². The molecule has 0 aliphatic heterocycles. The second-order valence-corrected chi connectivity index (χ2v) is 2.39. The lowest BCUT2D eigenvalue weighted by Gasteiger charge is -1.97. The van der Waals surface area contributed by atoms with Gasteiger partial charge in [0.2, 0.25) is 5.04 Å². The number of rotatable bonds is 1. The van der Waals surface area contributed by atoms with Crippen molar-refractivity contribution in [3.8, 4) is 0 Å². The van der Waals surface area contributed by atoms with Crippen molar-refractivity contribution in [2.75, 3.05) is 13.3 Å². The lowest BCUT2D eigenvalue weighted by molar-refractivity contribution is -0.111. The Balaban J connectivity index is 4.12. The molecule has 2 amide bonds. The minimum absolute atomic E-state index is 0.0569. The Labute approximate surface area is 73.5 Å². The smallest absolute Gasteiger partial charge is 0.364 e. The molecule has 0 bridgehead atoms. The molecular formula is C5H9N3O3S. The first-order valence-electron chi connectivity index (χ1n) is 2.92. The van der Waals surface area contributed by atoms with E-state index in [1.54, 1.807) is 6.26 Å². The largest absolute Gasteiger partial charge is 0.433 e. The van der Waals surface area contributed by atoms with Crippen LogP contribution in [-0.4, -0.2) is 30.3 Å². The zero-order valence-corrected chi connectivity index (χ0v) is 7.47. The highest BCUT2D eigenvalue weighted by Gasteiger charge is 2.06. The van der Waals surface area contributed by atoms with Crippen molar-refractivity contribution >= 4 is 28.8 Å². The number of amides is 2. The molecule has 0 fully saturated rings. The topological polar surface area (TPSA) is 93.8 Å². The van der Waals surface area contributed by atoms with Crippen molar-refractivity contribution in [1.29, 1.82) is 0 Å². The zero-order chi connectivity index (χ0) is 9.56. The van der Waals surface area contributed by atoms with Crippen LogP contribution in [0.5, 0.6) is 0 Å². The Morgan fingerprint density at radius 1 is 1.58 bits per heavy atom. The van der Waals surface area contributed by atoms with Crippen molar-refractivity contribution < 1.29 is 14.4 Å². The lowest BCUT2D eigenvalue weighted by Crippen LogP contribution is -2.23. The normalized spacial score (nSPS) is 10.7. The van der Waals surface area contributed by atoms with Crippen molar-refractivity contribution in [3.63, 3.8) is 0 Å². The standard InChI is InChI=1S/C5H9N3O3S/c1-7-5(10)11-8-4(12-2)3(6)9/h1-2H3,(H2,6,9)(H,7,10). The molecule has 0 aromatic heterocycles. The Kier molecular flexibility index (Phi) is 4.86. The van der Waals surface area contributed by atoms with Crippen molar-refractivity contribution in [1.82, 2.24) is 5.32 Å². The maximum absolute atomic E-state index is 10.5. The fourth-order valence-corrected chi connectivity index (χ4v) is 0.624. The molecule has 68 valence electrons. The average Bonchev–Trinajstić information content (AvgIpc) is 2.04. The molecule has 7 heteroatoms. The summed E-state index contributed by atoms with van der Waals surface area (Å²) in [5.74, 6) is -0.730. The summed E-state index contributed by atoms with van der Waals surface area (Å²) in [6.07, 6.45) is 0.847. The van der Waals surface area contributed by atoms with Gasteiger partial charge in [0, 0.05) is 7.05 Å². The summed E-state index contributed by atoms with van der Waals surface area (Å²) in [5, 5.41) is 5.30. The summed E-state index contributed by atoms with van der Waals surface area (Å²) in [7, 11) is 1.38. The van der Waals surface area contributed by atoms with Gasteiger partial charge in [0.1, 0.15) is 0 Å². The first kappa shape index (κ1) is 10.8. The highest BCUT2D eigenvalue weighted by molar-refractivity contribution is 8.15. The van der Waals surface area contributed by atoms with E-state index in [-0.39, 0.29) is 5.04 Å². The van der Waals surface area contributed by atoms with Gasteiger partial charge < -0.3 is 11.1 Å². The molecule has 0 aliphatic carbocycles. The third kappa shape index (κ3) is 3.81. The van der Waals surface area contributed by atoms with E-state index >= 15 is 0 Å². The average molecular weight is 191 g/mol. The van der Waals surface area contributed by atoms with Gasteiger partial charge in [0.05, 0.1) is 0 Å². The van der Waals surface area contributed by atoms with E-state index in [4.69, 9.17) is 5.73 Å². The van der Waals surface area contributed by atoms with E-state index in [0.29, 0.717) is 0 Å². The second-order valence-electron chi connectivity index (χ2n) is 1.59. The molecule has 12 heavy (non-hydrogen) atoms. The van der Waals surface area contributed by atoms with Gasteiger partial charge in [0.25, 0.3) is 5.91 Å². The summed E-state index contributed by atoms with van der Waals surface area (Å²) in [5.41, 5.74) is 4.87. The highest BCUT2D eigenvalue weighted by Crippen LogP contribution is 1.97. The van der Waals surface area contributed by atoms with Gasteiger partial charge in [-0.25, -0.2) is 4.79 Å². The predicted octanol–water partition coefficient (Wildman–Crippen LogP) is -0.496. The van der Waals surface area contributed by atoms with Gasteiger partial charge in [-0.05, 0) is 6.26 Å². The number of thioether (sulfide) groups is 1. The number of hydrogen-bond donors (Lipinski definition) is 2. The van der Waals surface area contributed by atoms with Gasteiger partial charge in [0.15, 0.2) is 0 Å². The summed E-state index contributed by atoms with van der Waals surface area (Å²) in [4.78, 5) is 25.2. The number of oxime groups is 1. The summed E-state index contributed by atoms with van der Waals surface area (Å²) < 4.78 is 0. The van der Waals surface area contributed by atoms with Gasteiger partial charge >= 0.3 is 6.09 Å². The molecule has 0 aromatic carbocycles. The molecule has 0 saturated carbocycles. The molecule has 0 radical (unpaired) electrons. The van der Waals surface area contributed by atoms with Crippen LogP contribution < -0.4 is 11.1 Å². The number of nitrogens with two attached hydrogens (primary N) is 1. The van der Waals surface area contributed by atoms with Crippen LogP contribution in [0, 0.1) is 0 Å². The maximum atomic E-state index is 10.5. The fourth-order valence-electron chi connectivity index (χ4n) is 0.311. The highest BCUT2D eigenvalue weighted by atomic mass is 32.2. The first-order chi connectivity index (χ1) is 5.61. The van der Waals surface area contributed by atoms with E-state index in [1.807, 2.05) is 0 Å². The number of nitrogens with one attached hydrogen (secondary N) is 1. The number of nitrogens with zero attached hydrogens (tertiary/aromatic N) is 1. The SMILES string of the molecule is CNC(=O)ON=C(SC)C(N)=O. The van der Waals surface area contributed by atoms with Crippen LogP contribution in [0.2, 0.25) is 0 Å². The van der Waals surface area contributed by atoms with E-state index in [2.05, 4.69) is 15.3 Å². The monoisotopic (exact) mass is 191 g/mol. The zero-order valence-electron chi connectivity index (χ0n) is 6.66. The van der Waals surface area contributed by atoms with Gasteiger partial charge in [-0.3, -0.25) is 9.63 Å². The molecule has 6 nitrogen and oxygen atoms in total. The number of carbonyl (C=O) groups is 2. The quantitative estimate of drug-likeness (QED) is 0.253. The van der Waals surface area contributed by atoms with E-state index in [9.17, 15) is 9.59 Å². The molecule has 0 heterocycles. The Morgan fingerprint density at radius 2 is 2.17 bits per heavy atom. The molecule has 0 saturated heterocycles. The predicted molar refractivity (Wildman–Crippen MR) is 45.7 cm³/mol. The molecule has 3 N–H and O–H groups in total. The maximum Gasteiger partial charge on any atom is 0.433 e. The Hall–Kier alpha value is -1.24. The summed E-state index contributed by atoms with van der Waals surface area (Å²) >= 11 is 1.00. The summed E-state index contributed by atoms with van der Waals surface area (Å²) in [6, 6.07) is 0. The molecule has 0 spiro atoms. The second kappa shape index (κ2) is 5.42. The van der Waals surface area contributed by atoms with Crippen LogP contribution in [-0.2, 0) is 9.63 Å². The minimum Gasteiger partial charge on any atom is -0.364 e. The molecule has 0 aromatic rings. The van der Waals surface area contributed by atoms with Gasteiger partial charge in [-0.1, -0.05) is 5.16 Å². The first-order valence-corrected chi connectivity index (χ1v) is 4.14. The molecule has 0 unspecified atom stereocenters. The molecule has 0 atom stereocenters. The Morgan fingerprint density at radius 3 is 2.50 bits per heavy atom. The van der Waals surface area contributed by atoms with Crippen LogP contribution in [0.15, 0.2) is 5.16 Å². The van der Waals surface area contributed by atoms with E-state index < -0.39 is 12.0 Å². The van der Waals surface area contributed by atoms with Crippen LogP contribution in [0.1, 0.15) is 0 Å². The van der Waals surface area contributed by atoms with Crippen molar-refractivity contribution in [3.05, 3.63) is 0 Å². The number of carbonyl (C=O) groups excluding carboxylic acids is 2. The van der Waals surface area contributed by atoms with Crippen LogP contribution in [0.4, 0.5) is 4.79 Å². The van der Waals surface area contributed by atoms with Gasteiger partial charge in [-0.15, -0.1) is 11.8 Å². The third-order valence-electron chi connectivity index (χ3n) is 0.820. The third-order valence-corrected chi connectivity index (χ3v) is 1.48. The summed E-state index contributed by atoms with van der Waals surface area (Å²) in [6.45, 7) is 0. The van der Waals surface area contributed by atoms with Crippen LogP contribution >= 0.6 is 11.8 Å². The Bertz CT molecular complexity index is 216. The number of primary amides is 1. The fraction of sp³-hybridized carbons (Fsp3) is 0.400. The van der Waals surface area contributed by atoms with Crippen LogP contribution in [0.3, 0.4) is 0 Å². The van der Waals surface area contributed by atoms with Crippen LogP contribution in [0.25, 0.3) is 0 Å². The lowest BCUT2D eigenvalue weighted by atomic mass is 10.7. The van der Waals surface area contributed by atoms with E-state index in [0.717, 1.165) is 11.8 Å².